The zero-order valence-corrected chi connectivity index (χ0v) is 9.23. The molecule has 0 aliphatic rings. The molecule has 0 saturated heterocycles. The Kier molecular flexibility index (Phi) is 4.17. The molecule has 0 saturated carbocycles. The minimum atomic E-state index is 0.227. The van der Waals surface area contributed by atoms with Gasteiger partial charge in [-0.15, -0.1) is 0 Å². The third-order valence-electron chi connectivity index (χ3n) is 2.24. The van der Waals surface area contributed by atoms with E-state index in [9.17, 15) is 0 Å². The highest BCUT2D eigenvalue weighted by Gasteiger charge is 2.03. The molecule has 0 aliphatic heterocycles. The van der Waals surface area contributed by atoms with Crippen LogP contribution in [0.4, 0.5) is 0 Å². The summed E-state index contributed by atoms with van der Waals surface area (Å²) in [7, 11) is 1.73. The second-order valence-electron chi connectivity index (χ2n) is 3.94. The van der Waals surface area contributed by atoms with Crippen LogP contribution in [0.2, 0.25) is 0 Å². The van der Waals surface area contributed by atoms with Gasteiger partial charge in [0.25, 0.3) is 0 Å². The smallest absolute Gasteiger partial charge is 0.0721 e. The van der Waals surface area contributed by atoms with Crippen molar-refractivity contribution in [2.45, 2.75) is 39.0 Å². The Bertz CT molecular complexity index is 268. The molecule has 2 N–H and O–H groups in total. The van der Waals surface area contributed by atoms with Crippen molar-refractivity contribution in [1.29, 1.82) is 0 Å². The number of rotatable bonds is 5. The molecule has 1 rings (SSSR count). The van der Waals surface area contributed by atoms with Gasteiger partial charge in [-0.25, -0.2) is 0 Å². The van der Waals surface area contributed by atoms with E-state index in [1.165, 1.54) is 5.56 Å². The maximum Gasteiger partial charge on any atom is 0.0721 e. The number of nitrogens with zero attached hydrogens (tertiary/aromatic N) is 1. The fourth-order valence-electron chi connectivity index (χ4n) is 1.47. The van der Waals surface area contributed by atoms with Crippen molar-refractivity contribution in [1.82, 2.24) is 4.57 Å². The molecule has 1 aromatic rings. The van der Waals surface area contributed by atoms with Crippen LogP contribution < -0.4 is 5.73 Å². The fourth-order valence-corrected chi connectivity index (χ4v) is 1.47. The lowest BCUT2D eigenvalue weighted by molar-refractivity contribution is 0.103. The predicted octanol–water partition coefficient (Wildman–Crippen LogP) is 1.41. The molecule has 0 bridgehead atoms. The van der Waals surface area contributed by atoms with E-state index < -0.39 is 0 Å². The summed E-state index contributed by atoms with van der Waals surface area (Å²) < 4.78 is 7.34. The van der Waals surface area contributed by atoms with Crippen molar-refractivity contribution in [3.63, 3.8) is 0 Å². The van der Waals surface area contributed by atoms with Gasteiger partial charge in [-0.1, -0.05) is 0 Å². The Morgan fingerprint density at radius 2 is 2.21 bits per heavy atom. The predicted molar refractivity (Wildman–Crippen MR) is 58.3 cm³/mol. The van der Waals surface area contributed by atoms with E-state index in [1.807, 2.05) is 6.92 Å². The van der Waals surface area contributed by atoms with Crippen LogP contribution in [0, 0.1) is 0 Å². The molecule has 1 heterocycles. The Balaban J connectivity index is 2.50. The lowest BCUT2D eigenvalue weighted by Crippen LogP contribution is -2.17. The van der Waals surface area contributed by atoms with E-state index in [2.05, 4.69) is 30.0 Å². The van der Waals surface area contributed by atoms with Gasteiger partial charge in [0, 0.05) is 32.1 Å². The number of hydrogen-bond donors (Lipinski definition) is 1. The monoisotopic (exact) mass is 196 g/mol. The van der Waals surface area contributed by atoms with Crippen molar-refractivity contribution in [2.24, 2.45) is 5.73 Å². The average Bonchev–Trinajstić information content (AvgIpc) is 2.51. The van der Waals surface area contributed by atoms with Crippen LogP contribution in [0.3, 0.4) is 0 Å². The summed E-state index contributed by atoms with van der Waals surface area (Å²) in [5, 5.41) is 0. The third kappa shape index (κ3) is 3.52. The summed E-state index contributed by atoms with van der Waals surface area (Å²) >= 11 is 0. The molecule has 0 amide bonds. The maximum absolute atomic E-state index is 5.73. The third-order valence-corrected chi connectivity index (χ3v) is 2.24. The molecule has 0 spiro atoms. The molecule has 0 fully saturated rings. The van der Waals surface area contributed by atoms with E-state index in [0.29, 0.717) is 0 Å². The summed E-state index contributed by atoms with van der Waals surface area (Å²) in [6, 6.07) is 2.34. The topological polar surface area (TPSA) is 40.2 Å². The Labute approximate surface area is 85.9 Å². The Hall–Kier alpha value is -0.800. The first-order valence-corrected chi connectivity index (χ1v) is 5.05. The molecule has 2 atom stereocenters. The summed E-state index contributed by atoms with van der Waals surface area (Å²) in [6.45, 7) is 4.98. The first kappa shape index (κ1) is 11.3. The van der Waals surface area contributed by atoms with Gasteiger partial charge in [0.15, 0.2) is 0 Å². The van der Waals surface area contributed by atoms with Crippen molar-refractivity contribution >= 4 is 0 Å². The number of hydrogen-bond acceptors (Lipinski definition) is 2. The number of nitrogens with two attached hydrogens (primary N) is 1. The molecule has 0 aliphatic carbocycles. The highest BCUT2D eigenvalue weighted by atomic mass is 16.5. The minimum absolute atomic E-state index is 0.227. The van der Waals surface area contributed by atoms with Crippen molar-refractivity contribution in [3.8, 4) is 0 Å². The van der Waals surface area contributed by atoms with Gasteiger partial charge in [-0.3, -0.25) is 0 Å². The van der Waals surface area contributed by atoms with Crippen molar-refractivity contribution in [2.75, 3.05) is 7.11 Å². The molecular formula is C11H20N2O. The van der Waals surface area contributed by atoms with Gasteiger partial charge in [0.05, 0.1) is 6.10 Å². The van der Waals surface area contributed by atoms with E-state index in [0.717, 1.165) is 13.0 Å². The molecule has 80 valence electrons. The molecular weight excluding hydrogens is 176 g/mol. The summed E-state index contributed by atoms with van der Waals surface area (Å²) in [5.74, 6) is 0. The zero-order chi connectivity index (χ0) is 10.6. The Morgan fingerprint density at radius 3 is 2.79 bits per heavy atom. The van der Waals surface area contributed by atoms with Gasteiger partial charge in [0.2, 0.25) is 0 Å². The highest BCUT2D eigenvalue weighted by Crippen LogP contribution is 2.05. The Morgan fingerprint density at radius 1 is 1.50 bits per heavy atom. The second kappa shape index (κ2) is 5.17. The number of ether oxygens (including phenoxy) is 1. The highest BCUT2D eigenvalue weighted by molar-refractivity contribution is 5.11. The largest absolute Gasteiger partial charge is 0.380 e. The summed E-state index contributed by atoms with van der Waals surface area (Å²) in [5.41, 5.74) is 7.02. The van der Waals surface area contributed by atoms with Crippen LogP contribution in [-0.2, 0) is 17.7 Å². The standard InChI is InChI=1S/C11H20N2O/c1-9(12)6-11-4-5-13(8-11)7-10(2)14-3/h4-5,8-10H,6-7,12H2,1-3H3. The van der Waals surface area contributed by atoms with Crippen LogP contribution in [0.1, 0.15) is 19.4 Å². The molecule has 14 heavy (non-hydrogen) atoms. The van der Waals surface area contributed by atoms with E-state index >= 15 is 0 Å². The first-order valence-electron chi connectivity index (χ1n) is 5.05. The van der Waals surface area contributed by atoms with Gasteiger partial charge < -0.3 is 15.0 Å². The van der Waals surface area contributed by atoms with Crippen molar-refractivity contribution in [3.05, 3.63) is 24.0 Å². The zero-order valence-electron chi connectivity index (χ0n) is 9.23. The van der Waals surface area contributed by atoms with E-state index in [1.54, 1.807) is 7.11 Å². The SMILES string of the molecule is COC(C)Cn1ccc(CC(C)N)c1. The molecule has 3 nitrogen and oxygen atoms in total. The molecule has 0 aromatic carbocycles. The van der Waals surface area contributed by atoms with Gasteiger partial charge >= 0.3 is 0 Å². The normalized spacial score (nSPS) is 15.4. The van der Waals surface area contributed by atoms with Gasteiger partial charge in [-0.2, -0.15) is 0 Å². The van der Waals surface area contributed by atoms with E-state index in [-0.39, 0.29) is 12.1 Å². The summed E-state index contributed by atoms with van der Waals surface area (Å²) in [6.07, 6.45) is 5.41. The van der Waals surface area contributed by atoms with Gasteiger partial charge in [0.1, 0.15) is 0 Å². The van der Waals surface area contributed by atoms with Crippen LogP contribution in [0.5, 0.6) is 0 Å². The molecule has 0 radical (unpaired) electrons. The van der Waals surface area contributed by atoms with Crippen LogP contribution in [0.15, 0.2) is 18.5 Å². The molecule has 3 heteroatoms. The van der Waals surface area contributed by atoms with Gasteiger partial charge in [-0.05, 0) is 31.9 Å². The average molecular weight is 196 g/mol. The first-order chi connectivity index (χ1) is 6.61. The minimum Gasteiger partial charge on any atom is -0.380 e. The van der Waals surface area contributed by atoms with Crippen LogP contribution >= 0.6 is 0 Å². The second-order valence-corrected chi connectivity index (χ2v) is 3.94. The number of aromatic nitrogens is 1. The fraction of sp³-hybridized carbons (Fsp3) is 0.636. The quantitative estimate of drug-likeness (QED) is 0.773. The lowest BCUT2D eigenvalue weighted by Gasteiger charge is -2.09. The lowest BCUT2D eigenvalue weighted by atomic mass is 10.1. The van der Waals surface area contributed by atoms with E-state index in [4.69, 9.17) is 10.5 Å². The molecule has 2 unspecified atom stereocenters. The van der Waals surface area contributed by atoms with Crippen LogP contribution in [0.25, 0.3) is 0 Å². The number of methoxy groups -OCH3 is 1. The van der Waals surface area contributed by atoms with Crippen LogP contribution in [-0.4, -0.2) is 23.8 Å². The maximum atomic E-state index is 5.73. The van der Waals surface area contributed by atoms with Crippen molar-refractivity contribution < 1.29 is 4.74 Å². The summed E-state index contributed by atoms with van der Waals surface area (Å²) in [4.78, 5) is 0. The molecule has 1 aromatic heterocycles.